The van der Waals surface area contributed by atoms with Gasteiger partial charge in [-0.3, -0.25) is 4.79 Å². The Morgan fingerprint density at radius 1 is 1.44 bits per heavy atom. The molecule has 0 spiro atoms. The first-order chi connectivity index (χ1) is 7.58. The summed E-state index contributed by atoms with van der Waals surface area (Å²) in [5.41, 5.74) is 0.548. The van der Waals surface area contributed by atoms with Crippen LogP contribution in [0.3, 0.4) is 0 Å². The number of rotatable bonds is 5. The Kier molecular flexibility index (Phi) is 4.42. The van der Waals surface area contributed by atoms with Crippen molar-refractivity contribution in [1.29, 1.82) is 0 Å². The molecular weight excluding hydrogens is 228 g/mol. The molecule has 5 nitrogen and oxygen atoms in total. The van der Waals surface area contributed by atoms with Crippen LogP contribution in [-0.4, -0.2) is 22.0 Å². The number of hydrogen-bond donors (Lipinski definition) is 2. The Hall–Kier alpha value is -1.43. The van der Waals surface area contributed by atoms with E-state index in [0.717, 1.165) is 17.8 Å². The number of anilines is 1. The number of aryl methyl sites for hydroxylation is 1. The van der Waals surface area contributed by atoms with Crippen molar-refractivity contribution in [2.24, 2.45) is 0 Å². The maximum Gasteiger partial charge on any atom is 0.347 e. The summed E-state index contributed by atoms with van der Waals surface area (Å²) in [6.07, 6.45) is 1.79. The van der Waals surface area contributed by atoms with Crippen LogP contribution < -0.4 is 5.32 Å². The van der Waals surface area contributed by atoms with E-state index in [1.165, 1.54) is 0 Å². The molecule has 1 amide bonds. The quantitative estimate of drug-likeness (QED) is 0.829. The second kappa shape index (κ2) is 5.60. The third kappa shape index (κ3) is 3.03. The molecule has 0 bridgehead atoms. The number of carboxylic acid groups (broad SMARTS) is 1. The van der Waals surface area contributed by atoms with Crippen molar-refractivity contribution < 1.29 is 14.7 Å². The summed E-state index contributed by atoms with van der Waals surface area (Å²) in [6, 6.07) is 0. The summed E-state index contributed by atoms with van der Waals surface area (Å²) in [5, 5.41) is 11.9. The van der Waals surface area contributed by atoms with E-state index in [-0.39, 0.29) is 10.8 Å². The van der Waals surface area contributed by atoms with Crippen LogP contribution in [0.5, 0.6) is 0 Å². The van der Waals surface area contributed by atoms with Crippen LogP contribution in [0.25, 0.3) is 0 Å². The van der Waals surface area contributed by atoms with Crippen LogP contribution in [0.4, 0.5) is 5.13 Å². The van der Waals surface area contributed by atoms with Gasteiger partial charge in [-0.25, -0.2) is 9.78 Å². The third-order valence-electron chi connectivity index (χ3n) is 1.95. The lowest BCUT2D eigenvalue weighted by Crippen LogP contribution is -2.09. The minimum atomic E-state index is -0.988. The number of carbonyl (C=O) groups is 2. The van der Waals surface area contributed by atoms with E-state index in [2.05, 4.69) is 10.3 Å². The lowest BCUT2D eigenvalue weighted by molar-refractivity contribution is -0.115. The van der Waals surface area contributed by atoms with Crippen LogP contribution in [-0.2, 0) is 11.2 Å². The number of thiazole rings is 1. The second-order valence-corrected chi connectivity index (χ2v) is 4.25. The lowest BCUT2D eigenvalue weighted by Gasteiger charge is -1.96. The molecule has 88 valence electrons. The first kappa shape index (κ1) is 12.6. The molecule has 1 heterocycles. The van der Waals surface area contributed by atoms with Crippen molar-refractivity contribution >= 4 is 28.3 Å². The molecule has 16 heavy (non-hydrogen) atoms. The predicted octanol–water partition coefficient (Wildman–Crippen LogP) is 2.14. The van der Waals surface area contributed by atoms with E-state index in [9.17, 15) is 9.59 Å². The zero-order valence-corrected chi connectivity index (χ0v) is 10.1. The number of carboxylic acids is 1. The number of aromatic nitrogens is 1. The topological polar surface area (TPSA) is 79.3 Å². The summed E-state index contributed by atoms with van der Waals surface area (Å²) in [4.78, 5) is 26.4. The van der Waals surface area contributed by atoms with Crippen molar-refractivity contribution in [3.8, 4) is 0 Å². The molecule has 0 aliphatic rings. The molecule has 1 aromatic rings. The van der Waals surface area contributed by atoms with E-state index >= 15 is 0 Å². The summed E-state index contributed by atoms with van der Waals surface area (Å²) in [7, 11) is 0. The molecule has 0 saturated heterocycles. The SMILES string of the molecule is CCCc1nc(NC(=O)CC)sc1C(=O)O. The molecule has 0 unspecified atom stereocenters. The molecule has 1 aromatic heterocycles. The first-order valence-corrected chi connectivity index (χ1v) is 5.93. The Labute approximate surface area is 97.5 Å². The average molecular weight is 242 g/mol. The zero-order chi connectivity index (χ0) is 12.1. The Morgan fingerprint density at radius 3 is 2.62 bits per heavy atom. The maximum atomic E-state index is 11.1. The molecule has 0 atom stereocenters. The molecule has 0 aliphatic carbocycles. The third-order valence-corrected chi connectivity index (χ3v) is 2.95. The van der Waals surface area contributed by atoms with Crippen molar-refractivity contribution in [1.82, 2.24) is 4.98 Å². The van der Waals surface area contributed by atoms with Gasteiger partial charge < -0.3 is 10.4 Å². The van der Waals surface area contributed by atoms with Gasteiger partial charge in [-0.1, -0.05) is 31.6 Å². The molecule has 0 fully saturated rings. The number of amides is 1. The van der Waals surface area contributed by atoms with Gasteiger partial charge in [-0.2, -0.15) is 0 Å². The van der Waals surface area contributed by atoms with E-state index in [4.69, 9.17) is 5.11 Å². The molecule has 2 N–H and O–H groups in total. The number of nitrogens with one attached hydrogen (secondary N) is 1. The smallest absolute Gasteiger partial charge is 0.347 e. The van der Waals surface area contributed by atoms with Gasteiger partial charge >= 0.3 is 5.97 Å². The van der Waals surface area contributed by atoms with Gasteiger partial charge in [0.1, 0.15) is 4.88 Å². The normalized spacial score (nSPS) is 10.1. The fourth-order valence-corrected chi connectivity index (χ4v) is 2.05. The molecule has 6 heteroatoms. The Morgan fingerprint density at radius 2 is 2.12 bits per heavy atom. The Bertz CT molecular complexity index is 401. The van der Waals surface area contributed by atoms with Gasteiger partial charge in [-0.15, -0.1) is 0 Å². The van der Waals surface area contributed by atoms with Crippen molar-refractivity contribution in [3.05, 3.63) is 10.6 Å². The summed E-state index contributed by atoms with van der Waals surface area (Å²) < 4.78 is 0. The highest BCUT2D eigenvalue weighted by atomic mass is 32.1. The number of aromatic carboxylic acids is 1. The van der Waals surface area contributed by atoms with Crippen LogP contribution in [0.2, 0.25) is 0 Å². The second-order valence-electron chi connectivity index (χ2n) is 3.25. The highest BCUT2D eigenvalue weighted by Gasteiger charge is 2.17. The van der Waals surface area contributed by atoms with E-state index in [1.54, 1.807) is 6.92 Å². The predicted molar refractivity (Wildman–Crippen MR) is 62.0 cm³/mol. The van der Waals surface area contributed by atoms with Crippen LogP contribution in [0, 0.1) is 0 Å². The summed E-state index contributed by atoms with van der Waals surface area (Å²) >= 11 is 1.01. The largest absolute Gasteiger partial charge is 0.477 e. The fraction of sp³-hybridized carbons (Fsp3) is 0.500. The van der Waals surface area contributed by atoms with Crippen LogP contribution >= 0.6 is 11.3 Å². The van der Waals surface area contributed by atoms with Crippen molar-refractivity contribution in [3.63, 3.8) is 0 Å². The van der Waals surface area contributed by atoms with Gasteiger partial charge in [0.25, 0.3) is 0 Å². The molecule has 0 radical (unpaired) electrons. The lowest BCUT2D eigenvalue weighted by atomic mass is 10.2. The first-order valence-electron chi connectivity index (χ1n) is 5.11. The van der Waals surface area contributed by atoms with E-state index in [0.29, 0.717) is 23.7 Å². The molecule has 0 aliphatic heterocycles. The van der Waals surface area contributed by atoms with Crippen molar-refractivity contribution in [2.75, 3.05) is 5.32 Å². The van der Waals surface area contributed by atoms with Gasteiger partial charge in [0.15, 0.2) is 5.13 Å². The van der Waals surface area contributed by atoms with E-state index in [1.807, 2.05) is 6.92 Å². The maximum absolute atomic E-state index is 11.1. The number of nitrogens with zero attached hydrogens (tertiary/aromatic N) is 1. The van der Waals surface area contributed by atoms with Crippen molar-refractivity contribution in [2.45, 2.75) is 33.1 Å². The van der Waals surface area contributed by atoms with Crippen LogP contribution in [0.1, 0.15) is 42.1 Å². The number of hydrogen-bond acceptors (Lipinski definition) is 4. The molecular formula is C10H14N2O3S. The van der Waals surface area contributed by atoms with Gasteiger partial charge in [0.05, 0.1) is 5.69 Å². The summed E-state index contributed by atoms with van der Waals surface area (Å²) in [5.74, 6) is -1.15. The minimum Gasteiger partial charge on any atom is -0.477 e. The fourth-order valence-electron chi connectivity index (χ4n) is 1.19. The minimum absolute atomic E-state index is 0.159. The Balaban J connectivity index is 2.92. The summed E-state index contributed by atoms with van der Waals surface area (Å²) in [6.45, 7) is 3.68. The highest BCUT2D eigenvalue weighted by Crippen LogP contribution is 2.24. The molecule has 0 saturated carbocycles. The molecule has 1 rings (SSSR count). The van der Waals surface area contributed by atoms with Gasteiger partial charge in [0, 0.05) is 6.42 Å². The van der Waals surface area contributed by atoms with E-state index < -0.39 is 5.97 Å². The highest BCUT2D eigenvalue weighted by molar-refractivity contribution is 7.17. The van der Waals surface area contributed by atoms with Gasteiger partial charge in [0.2, 0.25) is 5.91 Å². The zero-order valence-electron chi connectivity index (χ0n) is 9.24. The number of carbonyl (C=O) groups excluding carboxylic acids is 1. The average Bonchev–Trinajstić information content (AvgIpc) is 2.61. The van der Waals surface area contributed by atoms with Gasteiger partial charge in [-0.05, 0) is 6.42 Å². The molecule has 0 aromatic carbocycles. The van der Waals surface area contributed by atoms with Crippen LogP contribution in [0.15, 0.2) is 0 Å². The standard InChI is InChI=1S/C10H14N2O3S/c1-3-5-6-8(9(14)15)16-10(11-6)12-7(13)4-2/h3-5H2,1-2H3,(H,14,15)(H,11,12,13). The monoisotopic (exact) mass is 242 g/mol.